The Hall–Kier alpha value is -3.38. The Kier molecular flexibility index (Phi) is 10.3. The molecule has 0 unspecified atom stereocenters. The monoisotopic (exact) mass is 642 g/mol. The molecule has 0 aliphatic carbocycles. The Morgan fingerprint density at radius 3 is 2.46 bits per heavy atom. The molecule has 10 heteroatoms. The normalized spacial score (nSPS) is 18.1. The molecule has 0 saturated carbocycles. The average molecular weight is 643 g/mol. The molecule has 3 aliphatic heterocycles. The van der Waals surface area contributed by atoms with Gasteiger partial charge in [-0.3, -0.25) is 9.80 Å². The molecule has 0 bridgehead atoms. The number of aliphatic hydroxyl groups excluding tert-OH is 1. The summed E-state index contributed by atoms with van der Waals surface area (Å²) in [5, 5.41) is 12.7. The van der Waals surface area contributed by atoms with Crippen LogP contribution in [0, 0.1) is 5.92 Å². The molecule has 0 spiro atoms. The lowest BCUT2D eigenvalue weighted by atomic mass is 10.0. The van der Waals surface area contributed by atoms with E-state index in [4.69, 9.17) is 10.7 Å². The number of aliphatic imine (C=N–C) groups is 1. The summed E-state index contributed by atoms with van der Waals surface area (Å²) in [7, 11) is -3.61. The molecule has 3 aromatic rings. The number of sulfonamides is 1. The van der Waals surface area contributed by atoms with Crippen LogP contribution in [0.25, 0.3) is 17.2 Å². The third-order valence-corrected chi connectivity index (χ3v) is 10.9. The second-order valence-corrected chi connectivity index (χ2v) is 14.7. The van der Waals surface area contributed by atoms with Gasteiger partial charge in [0.15, 0.2) is 0 Å². The van der Waals surface area contributed by atoms with Gasteiger partial charge in [-0.2, -0.15) is 4.31 Å². The Morgan fingerprint density at radius 2 is 1.72 bits per heavy atom. The summed E-state index contributed by atoms with van der Waals surface area (Å²) in [6.07, 6.45) is 3.88. The predicted octanol–water partition coefficient (Wildman–Crippen LogP) is 4.06. The summed E-state index contributed by atoms with van der Waals surface area (Å²) >= 11 is 0. The topological polar surface area (TPSA) is 114 Å². The molecule has 0 amide bonds. The van der Waals surface area contributed by atoms with Crippen molar-refractivity contribution in [3.63, 3.8) is 0 Å². The first kappa shape index (κ1) is 32.6. The number of hydrogen-bond donors (Lipinski definition) is 3. The number of fused-ring (bicyclic) bond motifs is 1. The van der Waals surface area contributed by atoms with E-state index in [0.29, 0.717) is 25.3 Å². The number of nitrogens with zero attached hydrogens (tertiary/aromatic N) is 4. The summed E-state index contributed by atoms with van der Waals surface area (Å²) in [6, 6.07) is 22.2. The van der Waals surface area contributed by atoms with E-state index in [1.54, 1.807) is 18.2 Å². The molecule has 6 rings (SSSR count). The van der Waals surface area contributed by atoms with Gasteiger partial charge < -0.3 is 16.2 Å². The van der Waals surface area contributed by atoms with Crippen molar-refractivity contribution in [1.29, 1.82) is 0 Å². The molecule has 2 saturated heterocycles. The van der Waals surface area contributed by atoms with Crippen LogP contribution >= 0.6 is 0 Å². The van der Waals surface area contributed by atoms with Gasteiger partial charge in [0.1, 0.15) is 5.84 Å². The maximum atomic E-state index is 13.1. The number of nitrogens with two attached hydrogens (primary N) is 1. The Labute approximate surface area is 273 Å². The SMILES string of the molecule is CCCN(CC1=Cc2ccc(-c3cccc(S(=O)(=O)N4CC(CO)C4)c3)cc2N=C(N)C1)Cc1ccc(CN2CCNCC2)cc1. The van der Waals surface area contributed by atoms with Crippen molar-refractivity contribution in [2.24, 2.45) is 16.6 Å². The molecule has 0 aromatic heterocycles. The molecule has 244 valence electrons. The molecular formula is C36H46N6O3S. The van der Waals surface area contributed by atoms with E-state index in [1.807, 2.05) is 18.2 Å². The van der Waals surface area contributed by atoms with Crippen molar-refractivity contribution >= 4 is 27.6 Å². The molecular weight excluding hydrogens is 597 g/mol. The fourth-order valence-electron chi connectivity index (χ4n) is 6.51. The van der Waals surface area contributed by atoms with Crippen molar-refractivity contribution < 1.29 is 13.5 Å². The summed E-state index contributed by atoms with van der Waals surface area (Å²) in [5.41, 5.74) is 13.8. The van der Waals surface area contributed by atoms with E-state index in [0.717, 1.165) is 81.2 Å². The summed E-state index contributed by atoms with van der Waals surface area (Å²) < 4.78 is 27.7. The van der Waals surface area contributed by atoms with Gasteiger partial charge in [0.2, 0.25) is 10.0 Å². The Morgan fingerprint density at radius 1 is 0.978 bits per heavy atom. The summed E-state index contributed by atoms with van der Waals surface area (Å²) in [6.45, 7) is 10.9. The first-order valence-corrected chi connectivity index (χ1v) is 17.9. The highest BCUT2D eigenvalue weighted by Gasteiger charge is 2.36. The van der Waals surface area contributed by atoms with Gasteiger partial charge >= 0.3 is 0 Å². The highest BCUT2D eigenvalue weighted by molar-refractivity contribution is 7.89. The molecule has 9 nitrogen and oxygen atoms in total. The minimum absolute atomic E-state index is 0.00295. The smallest absolute Gasteiger partial charge is 0.243 e. The second kappa shape index (κ2) is 14.6. The highest BCUT2D eigenvalue weighted by atomic mass is 32.2. The quantitative estimate of drug-likeness (QED) is 0.273. The minimum atomic E-state index is -3.61. The number of rotatable bonds is 12. The van der Waals surface area contributed by atoms with Gasteiger partial charge in [-0.25, -0.2) is 13.4 Å². The van der Waals surface area contributed by atoms with Crippen molar-refractivity contribution in [1.82, 2.24) is 19.4 Å². The molecule has 3 aromatic carbocycles. The van der Waals surface area contributed by atoms with Gasteiger partial charge in [-0.15, -0.1) is 0 Å². The summed E-state index contributed by atoms with van der Waals surface area (Å²) in [4.78, 5) is 10.0. The number of piperazine rings is 1. The highest BCUT2D eigenvalue weighted by Crippen LogP contribution is 2.34. The predicted molar refractivity (Wildman–Crippen MR) is 185 cm³/mol. The fraction of sp³-hybridized carbons (Fsp3) is 0.417. The molecule has 2 fully saturated rings. The molecule has 0 atom stereocenters. The number of nitrogens with one attached hydrogen (secondary N) is 1. The van der Waals surface area contributed by atoms with Crippen LogP contribution in [0.3, 0.4) is 0 Å². The Bertz CT molecular complexity index is 1680. The van der Waals surface area contributed by atoms with Gasteiger partial charge in [-0.1, -0.05) is 61.5 Å². The van der Waals surface area contributed by atoms with Crippen molar-refractivity contribution in [2.45, 2.75) is 37.8 Å². The average Bonchev–Trinajstić information content (AvgIpc) is 3.18. The lowest BCUT2D eigenvalue weighted by Crippen LogP contribution is -2.51. The zero-order valence-electron chi connectivity index (χ0n) is 26.7. The van der Waals surface area contributed by atoms with Crippen LogP contribution < -0.4 is 11.1 Å². The van der Waals surface area contributed by atoms with E-state index in [-0.39, 0.29) is 17.4 Å². The molecule has 3 aliphatic rings. The van der Waals surface area contributed by atoms with Crippen LogP contribution in [0.2, 0.25) is 0 Å². The first-order chi connectivity index (χ1) is 22.3. The van der Waals surface area contributed by atoms with Gasteiger partial charge in [0, 0.05) is 83.4 Å². The fourth-order valence-corrected chi connectivity index (χ4v) is 8.15. The van der Waals surface area contributed by atoms with E-state index in [2.05, 4.69) is 58.4 Å². The third-order valence-electron chi connectivity index (χ3n) is 9.06. The van der Waals surface area contributed by atoms with Crippen LogP contribution in [0.5, 0.6) is 0 Å². The van der Waals surface area contributed by atoms with Crippen molar-refractivity contribution in [2.75, 3.05) is 59.0 Å². The molecule has 0 radical (unpaired) electrons. The number of hydrogen-bond acceptors (Lipinski definition) is 8. The standard InChI is InChI=1S/C36H46N6O3S/c1-2-14-41(22-28-8-6-27(7-9-28)21-40-15-12-38-13-16-40)23-29-17-33-11-10-32(20-35(33)39-36(37)18-29)31-4-3-5-34(19-31)46(44,45)42-24-30(25-42)26-43/h3-11,17,19-20,30,38,43H,2,12-16,18,21-26H2,1H3,(H2,37,39). The minimum Gasteiger partial charge on any atom is -0.396 e. The largest absolute Gasteiger partial charge is 0.396 e. The third kappa shape index (κ3) is 7.76. The van der Waals surface area contributed by atoms with E-state index >= 15 is 0 Å². The van der Waals surface area contributed by atoms with E-state index in [1.165, 1.54) is 21.0 Å². The number of benzene rings is 3. The van der Waals surface area contributed by atoms with E-state index in [9.17, 15) is 13.5 Å². The molecule has 46 heavy (non-hydrogen) atoms. The van der Waals surface area contributed by atoms with Crippen LogP contribution in [0.1, 0.15) is 36.5 Å². The van der Waals surface area contributed by atoms with Crippen molar-refractivity contribution in [3.05, 3.63) is 89.0 Å². The van der Waals surface area contributed by atoms with Crippen LogP contribution in [0.4, 0.5) is 5.69 Å². The van der Waals surface area contributed by atoms with Gasteiger partial charge in [0.05, 0.1) is 10.6 Å². The lowest BCUT2D eigenvalue weighted by Gasteiger charge is -2.36. The van der Waals surface area contributed by atoms with Crippen LogP contribution in [0.15, 0.2) is 82.2 Å². The second-order valence-electron chi connectivity index (χ2n) is 12.8. The molecule has 4 N–H and O–H groups in total. The van der Waals surface area contributed by atoms with Gasteiger partial charge in [0.25, 0.3) is 0 Å². The van der Waals surface area contributed by atoms with Crippen LogP contribution in [-0.4, -0.2) is 92.4 Å². The van der Waals surface area contributed by atoms with Gasteiger partial charge in [-0.05, 0) is 59.0 Å². The molecule has 3 heterocycles. The zero-order valence-corrected chi connectivity index (χ0v) is 27.6. The van der Waals surface area contributed by atoms with Crippen molar-refractivity contribution in [3.8, 4) is 11.1 Å². The summed E-state index contributed by atoms with van der Waals surface area (Å²) in [5.74, 6) is 0.584. The number of aliphatic hydroxyl groups is 1. The van der Waals surface area contributed by atoms with E-state index < -0.39 is 10.0 Å². The van der Waals surface area contributed by atoms with Crippen LogP contribution in [-0.2, 0) is 23.1 Å². The zero-order chi connectivity index (χ0) is 32.1. The first-order valence-electron chi connectivity index (χ1n) is 16.4. The maximum Gasteiger partial charge on any atom is 0.243 e. The Balaban J connectivity index is 1.15. The lowest BCUT2D eigenvalue weighted by molar-refractivity contribution is 0.117. The number of amidine groups is 1. The maximum absolute atomic E-state index is 13.1.